The lowest BCUT2D eigenvalue weighted by Crippen LogP contribution is -2.01. The summed E-state index contributed by atoms with van der Waals surface area (Å²) in [6, 6.07) is 7.74. The van der Waals surface area contributed by atoms with E-state index in [4.69, 9.17) is 16.6 Å². The number of nitrogens with zero attached hydrogens (tertiary/aromatic N) is 3. The lowest BCUT2D eigenvalue weighted by molar-refractivity contribution is 0.269. The number of hydrogen-bond donors (Lipinski definition) is 3. The van der Waals surface area contributed by atoms with E-state index in [-0.39, 0.29) is 6.61 Å². The molecular formula is C18H17N5OS. The molecule has 0 aliphatic carbocycles. The number of aromatic nitrogens is 3. The molecule has 126 valence electrons. The van der Waals surface area contributed by atoms with Crippen LogP contribution < -0.4 is 11.5 Å². The maximum atomic E-state index is 9.06. The quantitative estimate of drug-likeness (QED) is 0.491. The molecule has 7 heteroatoms. The monoisotopic (exact) mass is 351 g/mol. The van der Waals surface area contributed by atoms with Crippen LogP contribution >= 0.6 is 11.3 Å². The first-order valence-electron chi connectivity index (χ1n) is 7.82. The largest absolute Gasteiger partial charge is 0.399 e. The van der Waals surface area contributed by atoms with Gasteiger partial charge in [-0.05, 0) is 23.1 Å². The molecule has 3 aromatic heterocycles. The fourth-order valence-electron chi connectivity index (χ4n) is 2.88. The molecule has 25 heavy (non-hydrogen) atoms. The van der Waals surface area contributed by atoms with Crippen molar-refractivity contribution < 1.29 is 5.11 Å². The molecule has 0 radical (unpaired) electrons. The topological polar surface area (TPSA) is 103 Å². The second kappa shape index (κ2) is 6.19. The summed E-state index contributed by atoms with van der Waals surface area (Å²) >= 11 is 1.63. The third-order valence-electron chi connectivity index (χ3n) is 4.12. The molecule has 0 amide bonds. The lowest BCUT2D eigenvalue weighted by Gasteiger charge is -2.05. The van der Waals surface area contributed by atoms with Crippen LogP contribution in [0.5, 0.6) is 0 Å². The fourth-order valence-corrected chi connectivity index (χ4v) is 4.00. The number of rotatable bonds is 4. The van der Waals surface area contributed by atoms with Crippen molar-refractivity contribution in [2.75, 3.05) is 18.1 Å². The van der Waals surface area contributed by atoms with Gasteiger partial charge in [0.1, 0.15) is 5.82 Å². The van der Waals surface area contributed by atoms with Gasteiger partial charge < -0.3 is 16.6 Å². The second-order valence-electron chi connectivity index (χ2n) is 5.75. The highest BCUT2D eigenvalue weighted by Gasteiger charge is 2.16. The summed E-state index contributed by atoms with van der Waals surface area (Å²) < 4.78 is 2.79. The minimum absolute atomic E-state index is 0.0524. The number of aliphatic hydroxyl groups excluding tert-OH is 1. The Balaban J connectivity index is 1.88. The fraction of sp³-hybridized carbons (Fsp3) is 0.111. The molecule has 4 aromatic rings. The zero-order valence-corrected chi connectivity index (χ0v) is 14.2. The molecule has 4 rings (SSSR count). The molecule has 0 aliphatic heterocycles. The number of anilines is 2. The molecule has 0 bridgehead atoms. The lowest BCUT2D eigenvalue weighted by atomic mass is 10.0. The molecule has 0 unspecified atom stereocenters. The van der Waals surface area contributed by atoms with E-state index in [2.05, 4.69) is 15.5 Å². The molecule has 0 fully saturated rings. The standard InChI is InChI=1S/C18H17N5OS/c19-13-3-1-11(2-4-13)15-10-25-17-14(8-21-18(20)16(15)17)12-7-22-23(9-12)5-6-24/h1-4,7-10,24H,5-6,19H2,(H2,20,21). The third kappa shape index (κ3) is 2.73. The van der Waals surface area contributed by atoms with E-state index in [1.54, 1.807) is 28.4 Å². The number of benzene rings is 1. The molecular weight excluding hydrogens is 334 g/mol. The number of hydrogen-bond acceptors (Lipinski definition) is 6. The summed E-state index contributed by atoms with van der Waals surface area (Å²) in [5.41, 5.74) is 16.8. The smallest absolute Gasteiger partial charge is 0.132 e. The summed E-state index contributed by atoms with van der Waals surface area (Å²) in [6.45, 7) is 0.517. The highest BCUT2D eigenvalue weighted by Crippen LogP contribution is 2.41. The van der Waals surface area contributed by atoms with Gasteiger partial charge in [0.15, 0.2) is 0 Å². The Labute approximate surface area is 148 Å². The Hall–Kier alpha value is -2.90. The minimum atomic E-state index is 0.0524. The Morgan fingerprint density at radius 3 is 2.60 bits per heavy atom. The number of fused-ring (bicyclic) bond motifs is 1. The van der Waals surface area contributed by atoms with E-state index in [1.807, 2.05) is 30.5 Å². The van der Waals surface area contributed by atoms with Crippen LogP contribution in [-0.2, 0) is 6.54 Å². The van der Waals surface area contributed by atoms with Crippen LogP contribution in [-0.4, -0.2) is 26.5 Å². The second-order valence-corrected chi connectivity index (χ2v) is 6.63. The summed E-state index contributed by atoms with van der Waals surface area (Å²) in [4.78, 5) is 4.39. The molecule has 0 saturated carbocycles. The van der Waals surface area contributed by atoms with E-state index < -0.39 is 0 Å². The highest BCUT2D eigenvalue weighted by atomic mass is 32.1. The van der Waals surface area contributed by atoms with Crippen LogP contribution in [0.25, 0.3) is 32.3 Å². The van der Waals surface area contributed by atoms with E-state index in [0.717, 1.165) is 38.0 Å². The third-order valence-corrected chi connectivity index (χ3v) is 5.13. The minimum Gasteiger partial charge on any atom is -0.399 e. The van der Waals surface area contributed by atoms with Gasteiger partial charge in [-0.3, -0.25) is 4.68 Å². The molecule has 0 saturated heterocycles. The Morgan fingerprint density at radius 1 is 1.04 bits per heavy atom. The van der Waals surface area contributed by atoms with Gasteiger partial charge in [0, 0.05) is 44.9 Å². The van der Waals surface area contributed by atoms with E-state index >= 15 is 0 Å². The predicted octanol–water partition coefficient (Wildman–Crippen LogP) is 2.98. The van der Waals surface area contributed by atoms with Gasteiger partial charge in [-0.1, -0.05) is 12.1 Å². The first-order valence-corrected chi connectivity index (χ1v) is 8.70. The Bertz CT molecular complexity index is 1040. The van der Waals surface area contributed by atoms with Crippen molar-refractivity contribution >= 4 is 32.9 Å². The predicted molar refractivity (Wildman–Crippen MR) is 102 cm³/mol. The maximum absolute atomic E-state index is 9.06. The Morgan fingerprint density at radius 2 is 1.84 bits per heavy atom. The molecule has 1 aromatic carbocycles. The van der Waals surface area contributed by atoms with Gasteiger partial charge in [0.2, 0.25) is 0 Å². The summed E-state index contributed by atoms with van der Waals surface area (Å²) in [5, 5.41) is 16.4. The van der Waals surface area contributed by atoms with Crippen molar-refractivity contribution in [1.82, 2.24) is 14.8 Å². The molecule has 0 atom stereocenters. The number of nitrogen functional groups attached to an aromatic ring is 2. The van der Waals surface area contributed by atoms with Crippen molar-refractivity contribution in [3.8, 4) is 22.3 Å². The van der Waals surface area contributed by atoms with Crippen molar-refractivity contribution in [3.05, 3.63) is 48.2 Å². The summed E-state index contributed by atoms with van der Waals surface area (Å²) in [5.74, 6) is 0.509. The zero-order valence-electron chi connectivity index (χ0n) is 13.4. The highest BCUT2D eigenvalue weighted by molar-refractivity contribution is 7.18. The van der Waals surface area contributed by atoms with Crippen molar-refractivity contribution in [2.45, 2.75) is 6.54 Å². The van der Waals surface area contributed by atoms with E-state index in [9.17, 15) is 0 Å². The normalized spacial score (nSPS) is 11.2. The van der Waals surface area contributed by atoms with Gasteiger partial charge in [0.05, 0.1) is 19.3 Å². The average Bonchev–Trinajstić information content (AvgIpc) is 3.24. The van der Waals surface area contributed by atoms with Crippen LogP contribution in [0.4, 0.5) is 11.5 Å². The number of aliphatic hydroxyl groups is 1. The first kappa shape index (κ1) is 15.6. The van der Waals surface area contributed by atoms with Gasteiger partial charge in [-0.2, -0.15) is 5.10 Å². The molecule has 0 aliphatic rings. The van der Waals surface area contributed by atoms with Crippen LogP contribution in [0.3, 0.4) is 0 Å². The van der Waals surface area contributed by atoms with Crippen LogP contribution in [0.1, 0.15) is 0 Å². The number of pyridine rings is 1. The SMILES string of the molecule is Nc1ccc(-c2csc3c(-c4cnn(CCO)c4)cnc(N)c23)cc1. The zero-order chi connectivity index (χ0) is 17.4. The van der Waals surface area contributed by atoms with Crippen LogP contribution in [0, 0.1) is 0 Å². The maximum Gasteiger partial charge on any atom is 0.132 e. The number of nitrogens with two attached hydrogens (primary N) is 2. The Kier molecular flexibility index (Phi) is 3.87. The van der Waals surface area contributed by atoms with Gasteiger partial charge in [-0.15, -0.1) is 11.3 Å². The molecule has 3 heterocycles. The first-order chi connectivity index (χ1) is 12.2. The van der Waals surface area contributed by atoms with Crippen molar-refractivity contribution in [2.24, 2.45) is 0 Å². The van der Waals surface area contributed by atoms with Crippen LogP contribution in [0.2, 0.25) is 0 Å². The molecule has 0 spiro atoms. The molecule has 5 N–H and O–H groups in total. The summed E-state index contributed by atoms with van der Waals surface area (Å²) in [7, 11) is 0. The van der Waals surface area contributed by atoms with Gasteiger partial charge >= 0.3 is 0 Å². The molecule has 6 nitrogen and oxygen atoms in total. The number of thiophene rings is 1. The van der Waals surface area contributed by atoms with Crippen molar-refractivity contribution in [1.29, 1.82) is 0 Å². The van der Waals surface area contributed by atoms with E-state index in [1.165, 1.54) is 0 Å². The van der Waals surface area contributed by atoms with Crippen LogP contribution in [0.15, 0.2) is 48.2 Å². The van der Waals surface area contributed by atoms with Gasteiger partial charge in [0.25, 0.3) is 0 Å². The van der Waals surface area contributed by atoms with Crippen molar-refractivity contribution in [3.63, 3.8) is 0 Å². The van der Waals surface area contributed by atoms with E-state index in [0.29, 0.717) is 12.4 Å². The summed E-state index contributed by atoms with van der Waals surface area (Å²) in [6.07, 6.45) is 5.47. The average molecular weight is 351 g/mol. The van der Waals surface area contributed by atoms with Gasteiger partial charge in [-0.25, -0.2) is 4.98 Å².